The van der Waals surface area contributed by atoms with Crippen LogP contribution in [0.3, 0.4) is 0 Å². The fourth-order valence-electron chi connectivity index (χ4n) is 2.40. The van der Waals surface area contributed by atoms with Crippen molar-refractivity contribution in [1.82, 2.24) is 9.78 Å². The summed E-state index contributed by atoms with van der Waals surface area (Å²) in [6, 6.07) is 5.69. The van der Waals surface area contributed by atoms with Crippen molar-refractivity contribution in [2.45, 2.75) is 0 Å². The predicted molar refractivity (Wildman–Crippen MR) is 81.4 cm³/mol. The monoisotopic (exact) mass is 353 g/mol. The molecule has 1 aliphatic rings. The molecular weight excluding hydrogens is 339 g/mol. The van der Waals surface area contributed by atoms with Crippen LogP contribution in [0.1, 0.15) is 0 Å². The Bertz CT molecular complexity index is 695. The van der Waals surface area contributed by atoms with Gasteiger partial charge in [0.1, 0.15) is 10.3 Å². The Balaban J connectivity index is 2.00. The summed E-state index contributed by atoms with van der Waals surface area (Å²) in [5.74, 6) is -0.341. The Morgan fingerprint density at radius 2 is 1.86 bits per heavy atom. The highest BCUT2D eigenvalue weighted by Gasteiger charge is 2.19. The Hall–Kier alpha value is -1.73. The van der Waals surface area contributed by atoms with Crippen LogP contribution in [0.15, 0.2) is 39.7 Å². The van der Waals surface area contributed by atoms with Crippen LogP contribution in [0, 0.1) is 5.82 Å². The molecule has 0 saturated carbocycles. The van der Waals surface area contributed by atoms with Crippen molar-refractivity contribution in [2.24, 2.45) is 0 Å². The van der Waals surface area contributed by atoms with Gasteiger partial charge in [-0.3, -0.25) is 4.79 Å². The summed E-state index contributed by atoms with van der Waals surface area (Å²) in [5, 5.41) is 6.46. The van der Waals surface area contributed by atoms with Crippen molar-refractivity contribution >= 4 is 21.6 Å². The van der Waals surface area contributed by atoms with Gasteiger partial charge >= 0.3 is 0 Å². The fourth-order valence-corrected chi connectivity index (χ4v) is 2.92. The smallest absolute Gasteiger partial charge is 0.287 e. The third kappa shape index (κ3) is 2.84. The second kappa shape index (κ2) is 5.95. The van der Waals surface area contributed by atoms with Gasteiger partial charge in [-0.15, -0.1) is 0 Å². The molecule has 0 spiro atoms. The molecule has 5 nitrogen and oxygen atoms in total. The summed E-state index contributed by atoms with van der Waals surface area (Å²) in [7, 11) is 0. The number of benzene rings is 1. The second-order valence-corrected chi connectivity index (χ2v) is 5.68. The van der Waals surface area contributed by atoms with E-state index in [0.717, 1.165) is 31.9 Å². The summed E-state index contributed by atoms with van der Waals surface area (Å²) in [6.45, 7) is 3.79. The first-order valence-corrected chi connectivity index (χ1v) is 7.56. The SMILES string of the molecule is O=c1c(Br)c(N2CC[NH2+]CC2)cnn1-c1ccc(F)cc1. The molecule has 0 atom stereocenters. The van der Waals surface area contributed by atoms with Gasteiger partial charge in [-0.05, 0) is 40.2 Å². The van der Waals surface area contributed by atoms with Crippen LogP contribution in [-0.2, 0) is 0 Å². The molecular formula is C14H15BrFN4O+. The van der Waals surface area contributed by atoms with E-state index in [1.54, 1.807) is 6.20 Å². The van der Waals surface area contributed by atoms with E-state index in [0.29, 0.717) is 10.2 Å². The lowest BCUT2D eigenvalue weighted by molar-refractivity contribution is -0.655. The Kier molecular flexibility index (Phi) is 4.03. The number of piperazine rings is 1. The maximum atomic E-state index is 13.0. The van der Waals surface area contributed by atoms with Crippen LogP contribution in [0.5, 0.6) is 0 Å². The molecule has 0 bridgehead atoms. The molecule has 0 unspecified atom stereocenters. The number of hydrogen-bond donors (Lipinski definition) is 1. The summed E-state index contributed by atoms with van der Waals surface area (Å²) in [5.41, 5.74) is 1.11. The normalized spacial score (nSPS) is 15.2. The minimum Gasteiger partial charge on any atom is -0.358 e. The van der Waals surface area contributed by atoms with Crippen molar-refractivity contribution in [3.8, 4) is 5.69 Å². The van der Waals surface area contributed by atoms with Gasteiger partial charge in [0.05, 0.1) is 43.8 Å². The number of hydrogen-bond acceptors (Lipinski definition) is 3. The highest BCUT2D eigenvalue weighted by Crippen LogP contribution is 2.22. The molecule has 7 heteroatoms. The van der Waals surface area contributed by atoms with E-state index in [1.165, 1.54) is 28.9 Å². The molecule has 2 N–H and O–H groups in total. The molecule has 1 fully saturated rings. The van der Waals surface area contributed by atoms with Crippen molar-refractivity contribution in [2.75, 3.05) is 31.1 Å². The van der Waals surface area contributed by atoms with E-state index in [2.05, 4.69) is 31.2 Å². The minimum atomic E-state index is -0.341. The Morgan fingerprint density at radius 3 is 2.52 bits per heavy atom. The molecule has 1 aromatic carbocycles. The molecule has 1 aliphatic heterocycles. The zero-order chi connectivity index (χ0) is 14.8. The lowest BCUT2D eigenvalue weighted by Gasteiger charge is -2.27. The van der Waals surface area contributed by atoms with E-state index in [1.807, 2.05) is 0 Å². The fraction of sp³-hybridized carbons (Fsp3) is 0.286. The minimum absolute atomic E-state index is 0.242. The zero-order valence-corrected chi connectivity index (χ0v) is 12.9. The first-order chi connectivity index (χ1) is 10.2. The number of rotatable bonds is 2. The number of halogens is 2. The third-order valence-electron chi connectivity index (χ3n) is 3.52. The van der Waals surface area contributed by atoms with Gasteiger partial charge < -0.3 is 10.2 Å². The van der Waals surface area contributed by atoms with E-state index < -0.39 is 0 Å². The maximum absolute atomic E-state index is 13.0. The van der Waals surface area contributed by atoms with Crippen LogP contribution < -0.4 is 15.8 Å². The number of nitrogens with two attached hydrogens (primary N) is 1. The van der Waals surface area contributed by atoms with Crippen molar-refractivity contribution < 1.29 is 9.71 Å². The molecule has 0 amide bonds. The van der Waals surface area contributed by atoms with Crippen LogP contribution in [0.25, 0.3) is 5.69 Å². The first kappa shape index (κ1) is 14.2. The Morgan fingerprint density at radius 1 is 1.19 bits per heavy atom. The summed E-state index contributed by atoms with van der Waals surface area (Å²) in [4.78, 5) is 14.6. The van der Waals surface area contributed by atoms with E-state index >= 15 is 0 Å². The molecule has 110 valence electrons. The van der Waals surface area contributed by atoms with Gasteiger partial charge in [0, 0.05) is 0 Å². The number of aromatic nitrogens is 2. The highest BCUT2D eigenvalue weighted by molar-refractivity contribution is 9.10. The maximum Gasteiger partial charge on any atom is 0.287 e. The second-order valence-electron chi connectivity index (χ2n) is 4.89. The van der Waals surface area contributed by atoms with E-state index in [-0.39, 0.29) is 11.4 Å². The predicted octanol–water partition coefficient (Wildman–Crippen LogP) is 0.517. The van der Waals surface area contributed by atoms with E-state index in [9.17, 15) is 9.18 Å². The molecule has 2 aromatic rings. The number of anilines is 1. The van der Waals surface area contributed by atoms with Gasteiger partial charge in [-0.2, -0.15) is 9.78 Å². The van der Waals surface area contributed by atoms with Crippen molar-refractivity contribution in [1.29, 1.82) is 0 Å². The average molecular weight is 354 g/mol. The van der Waals surface area contributed by atoms with Gasteiger partial charge in [-0.25, -0.2) is 4.39 Å². The quantitative estimate of drug-likeness (QED) is 0.856. The molecule has 21 heavy (non-hydrogen) atoms. The standard InChI is InChI=1S/C14H14BrFN4O/c15-13-12(19-7-5-17-6-8-19)9-18-20(14(13)21)11-3-1-10(16)2-4-11/h1-4,9,17H,5-8H2/p+1. The lowest BCUT2D eigenvalue weighted by Crippen LogP contribution is -2.89. The first-order valence-electron chi connectivity index (χ1n) is 6.77. The summed E-state index contributed by atoms with van der Waals surface area (Å²) < 4.78 is 14.7. The van der Waals surface area contributed by atoms with Crippen LogP contribution >= 0.6 is 15.9 Å². The van der Waals surface area contributed by atoms with Gasteiger partial charge in [0.25, 0.3) is 5.56 Å². The highest BCUT2D eigenvalue weighted by atomic mass is 79.9. The Labute approximate surface area is 129 Å². The van der Waals surface area contributed by atoms with Gasteiger partial charge in [0.2, 0.25) is 0 Å². The third-order valence-corrected chi connectivity index (χ3v) is 4.26. The molecule has 1 saturated heterocycles. The number of quaternary nitrogens is 1. The summed E-state index contributed by atoms with van der Waals surface area (Å²) in [6.07, 6.45) is 1.68. The van der Waals surface area contributed by atoms with Gasteiger partial charge in [0.15, 0.2) is 0 Å². The molecule has 0 radical (unpaired) electrons. The lowest BCUT2D eigenvalue weighted by atomic mass is 10.3. The number of nitrogens with zero attached hydrogens (tertiary/aromatic N) is 3. The van der Waals surface area contributed by atoms with Crippen molar-refractivity contribution in [3.63, 3.8) is 0 Å². The van der Waals surface area contributed by atoms with Gasteiger partial charge in [-0.1, -0.05) is 0 Å². The van der Waals surface area contributed by atoms with Crippen LogP contribution in [0.2, 0.25) is 0 Å². The topological polar surface area (TPSA) is 54.7 Å². The molecule has 2 heterocycles. The molecule has 1 aromatic heterocycles. The van der Waals surface area contributed by atoms with Crippen LogP contribution in [-0.4, -0.2) is 36.0 Å². The summed E-state index contributed by atoms with van der Waals surface area (Å²) >= 11 is 3.38. The zero-order valence-electron chi connectivity index (χ0n) is 11.3. The van der Waals surface area contributed by atoms with Crippen LogP contribution in [0.4, 0.5) is 10.1 Å². The van der Waals surface area contributed by atoms with Crippen molar-refractivity contribution in [3.05, 3.63) is 51.1 Å². The molecule has 0 aliphatic carbocycles. The van der Waals surface area contributed by atoms with E-state index in [4.69, 9.17) is 0 Å². The molecule has 3 rings (SSSR count). The largest absolute Gasteiger partial charge is 0.358 e. The average Bonchev–Trinajstić information content (AvgIpc) is 2.52.